The van der Waals surface area contributed by atoms with E-state index in [0.29, 0.717) is 31.7 Å². The van der Waals surface area contributed by atoms with Crippen molar-refractivity contribution in [2.75, 3.05) is 13.1 Å². The number of nitrogens with one attached hydrogen (secondary N) is 1. The van der Waals surface area contributed by atoms with E-state index >= 15 is 0 Å². The van der Waals surface area contributed by atoms with E-state index in [1.54, 1.807) is 0 Å². The van der Waals surface area contributed by atoms with Gasteiger partial charge in [0.2, 0.25) is 11.8 Å². The van der Waals surface area contributed by atoms with Crippen molar-refractivity contribution in [2.45, 2.75) is 66.3 Å². The minimum absolute atomic E-state index is 0.0581. The molecule has 6 nitrogen and oxygen atoms in total. The highest BCUT2D eigenvalue weighted by Crippen LogP contribution is 2.31. The smallest absolute Gasteiger partial charge is 0.223 e. The summed E-state index contributed by atoms with van der Waals surface area (Å²) in [5, 5.41) is 7.55. The van der Waals surface area contributed by atoms with Crippen LogP contribution in [0.25, 0.3) is 0 Å². The second-order valence-corrected chi connectivity index (χ2v) is 8.75. The number of carbonyl (C=O) groups excluding carboxylic acids is 2. The predicted molar refractivity (Wildman–Crippen MR) is 103 cm³/mol. The minimum atomic E-state index is 0.0581. The molecule has 1 aromatic rings. The number of hydrogen-bond acceptors (Lipinski definition) is 3. The van der Waals surface area contributed by atoms with Crippen molar-refractivity contribution in [3.63, 3.8) is 0 Å². The highest BCUT2D eigenvalue weighted by molar-refractivity contribution is 5.78. The third-order valence-corrected chi connectivity index (χ3v) is 5.10. The standard InChI is InChI=1S/C20H34N4O2/c1-7-18(25)21-17-13-24(12-15(17)11-20(3,4)5)19(26)9-8-16-10-14(2)23(6)22-16/h10,15,17H,7-9,11-13H2,1-6H3,(H,21,25)/t15-,17-/m1/s1. The number of rotatable bonds is 6. The molecule has 2 amide bonds. The van der Waals surface area contributed by atoms with Crippen molar-refractivity contribution in [1.29, 1.82) is 0 Å². The van der Waals surface area contributed by atoms with Crippen LogP contribution in [0, 0.1) is 18.3 Å². The van der Waals surface area contributed by atoms with Gasteiger partial charge >= 0.3 is 0 Å². The van der Waals surface area contributed by atoms with Crippen LogP contribution in [0.4, 0.5) is 0 Å². The van der Waals surface area contributed by atoms with Crippen LogP contribution in [-0.4, -0.2) is 45.6 Å². The molecule has 1 aliphatic heterocycles. The number of aromatic nitrogens is 2. The van der Waals surface area contributed by atoms with Crippen molar-refractivity contribution < 1.29 is 9.59 Å². The number of hydrogen-bond donors (Lipinski definition) is 1. The number of amides is 2. The van der Waals surface area contributed by atoms with Crippen LogP contribution < -0.4 is 5.32 Å². The van der Waals surface area contributed by atoms with E-state index < -0.39 is 0 Å². The molecule has 1 saturated heterocycles. The summed E-state index contributed by atoms with van der Waals surface area (Å²) in [6, 6.07) is 2.09. The van der Waals surface area contributed by atoms with Gasteiger partial charge in [-0.15, -0.1) is 0 Å². The lowest BCUT2D eigenvalue weighted by Gasteiger charge is -2.26. The van der Waals surface area contributed by atoms with Gasteiger partial charge in [0.1, 0.15) is 0 Å². The second-order valence-electron chi connectivity index (χ2n) is 8.75. The topological polar surface area (TPSA) is 67.2 Å². The fourth-order valence-corrected chi connectivity index (χ4v) is 3.69. The lowest BCUT2D eigenvalue weighted by molar-refractivity contribution is -0.130. The quantitative estimate of drug-likeness (QED) is 0.845. The molecule has 146 valence electrons. The molecule has 1 N–H and O–H groups in total. The molecule has 26 heavy (non-hydrogen) atoms. The van der Waals surface area contributed by atoms with Crippen LogP contribution in [0.5, 0.6) is 0 Å². The highest BCUT2D eigenvalue weighted by Gasteiger charge is 2.37. The summed E-state index contributed by atoms with van der Waals surface area (Å²) < 4.78 is 1.84. The molecule has 0 aromatic carbocycles. The molecule has 0 saturated carbocycles. The normalized spacial score (nSPS) is 20.5. The van der Waals surface area contributed by atoms with Gasteiger partial charge in [-0.05, 0) is 30.7 Å². The highest BCUT2D eigenvalue weighted by atomic mass is 16.2. The summed E-state index contributed by atoms with van der Waals surface area (Å²) in [5.41, 5.74) is 2.23. The maximum atomic E-state index is 12.7. The van der Waals surface area contributed by atoms with Crippen molar-refractivity contribution >= 4 is 11.8 Å². The van der Waals surface area contributed by atoms with E-state index in [1.165, 1.54) is 0 Å². The Morgan fingerprint density at radius 2 is 2.00 bits per heavy atom. The van der Waals surface area contributed by atoms with Crippen molar-refractivity contribution in [1.82, 2.24) is 20.0 Å². The molecule has 2 atom stereocenters. The van der Waals surface area contributed by atoms with Gasteiger partial charge in [0, 0.05) is 45.1 Å². The Balaban J connectivity index is 1.97. The molecular weight excluding hydrogens is 328 g/mol. The zero-order valence-electron chi connectivity index (χ0n) is 17.1. The molecule has 1 aromatic heterocycles. The van der Waals surface area contributed by atoms with Crippen LogP contribution in [0.3, 0.4) is 0 Å². The third kappa shape index (κ3) is 5.58. The third-order valence-electron chi connectivity index (χ3n) is 5.10. The molecule has 1 fully saturated rings. The van der Waals surface area contributed by atoms with Gasteiger partial charge in [-0.2, -0.15) is 5.10 Å². The average Bonchev–Trinajstić information content (AvgIpc) is 3.07. The van der Waals surface area contributed by atoms with Crippen LogP contribution >= 0.6 is 0 Å². The molecule has 0 radical (unpaired) electrons. The molecule has 2 rings (SSSR count). The minimum Gasteiger partial charge on any atom is -0.351 e. The summed E-state index contributed by atoms with van der Waals surface area (Å²) >= 11 is 0. The Morgan fingerprint density at radius 1 is 1.31 bits per heavy atom. The van der Waals surface area contributed by atoms with E-state index in [9.17, 15) is 9.59 Å². The summed E-state index contributed by atoms with van der Waals surface area (Å²) in [7, 11) is 1.92. The number of aryl methyl sites for hydroxylation is 3. The summed E-state index contributed by atoms with van der Waals surface area (Å²) in [5.74, 6) is 0.527. The Hall–Kier alpha value is -1.85. The van der Waals surface area contributed by atoms with Gasteiger partial charge in [0.05, 0.1) is 11.7 Å². The first-order chi connectivity index (χ1) is 12.1. The van der Waals surface area contributed by atoms with Crippen molar-refractivity contribution in [3.8, 4) is 0 Å². The van der Waals surface area contributed by atoms with Crippen LogP contribution in [0.1, 0.15) is 58.3 Å². The molecule has 6 heteroatoms. The Bertz CT molecular complexity index is 625. The van der Waals surface area contributed by atoms with Gasteiger partial charge in [-0.3, -0.25) is 14.3 Å². The summed E-state index contributed by atoms with van der Waals surface area (Å²) in [4.78, 5) is 26.5. The number of likely N-dealkylation sites (tertiary alicyclic amines) is 1. The van der Waals surface area contributed by atoms with Gasteiger partial charge in [0.15, 0.2) is 0 Å². The number of nitrogens with zero attached hydrogens (tertiary/aromatic N) is 3. The SMILES string of the molecule is CCC(=O)N[C@@H]1CN(C(=O)CCc2cc(C)n(C)n2)C[C@H]1CC(C)(C)C. The largest absolute Gasteiger partial charge is 0.351 e. The number of carbonyl (C=O) groups is 2. The second kappa shape index (κ2) is 8.23. The molecule has 0 unspecified atom stereocenters. The van der Waals surface area contributed by atoms with Crippen LogP contribution in [0.2, 0.25) is 0 Å². The monoisotopic (exact) mass is 362 g/mol. The Labute approximate surface area is 157 Å². The molecular formula is C20H34N4O2. The van der Waals surface area contributed by atoms with E-state index in [4.69, 9.17) is 0 Å². The zero-order valence-corrected chi connectivity index (χ0v) is 17.1. The lowest BCUT2D eigenvalue weighted by atomic mass is 9.82. The van der Waals surface area contributed by atoms with Crippen LogP contribution in [0.15, 0.2) is 6.07 Å². The van der Waals surface area contributed by atoms with Crippen molar-refractivity contribution in [3.05, 3.63) is 17.5 Å². The first kappa shape index (κ1) is 20.5. The summed E-state index contributed by atoms with van der Waals surface area (Å²) in [6.45, 7) is 11.8. The first-order valence-electron chi connectivity index (χ1n) is 9.65. The van der Waals surface area contributed by atoms with Crippen molar-refractivity contribution in [2.24, 2.45) is 18.4 Å². The van der Waals surface area contributed by atoms with E-state index in [-0.39, 0.29) is 23.3 Å². The van der Waals surface area contributed by atoms with Gasteiger partial charge in [0.25, 0.3) is 0 Å². The first-order valence-corrected chi connectivity index (χ1v) is 9.65. The van der Waals surface area contributed by atoms with Gasteiger partial charge in [-0.25, -0.2) is 0 Å². The van der Waals surface area contributed by atoms with Gasteiger partial charge in [-0.1, -0.05) is 27.7 Å². The fraction of sp³-hybridized carbons (Fsp3) is 0.750. The maximum absolute atomic E-state index is 12.7. The fourth-order valence-electron chi connectivity index (χ4n) is 3.69. The van der Waals surface area contributed by atoms with E-state index in [2.05, 4.69) is 31.2 Å². The van der Waals surface area contributed by atoms with Crippen LogP contribution in [-0.2, 0) is 23.1 Å². The maximum Gasteiger partial charge on any atom is 0.223 e. The molecule has 0 aliphatic carbocycles. The molecule has 1 aliphatic rings. The zero-order chi connectivity index (χ0) is 19.5. The van der Waals surface area contributed by atoms with Gasteiger partial charge < -0.3 is 10.2 Å². The predicted octanol–water partition coefficient (Wildman–Crippen LogP) is 2.45. The lowest BCUT2D eigenvalue weighted by Crippen LogP contribution is -2.41. The Kier molecular flexibility index (Phi) is 6.48. The van der Waals surface area contributed by atoms with E-state index in [0.717, 1.165) is 24.4 Å². The average molecular weight is 363 g/mol. The molecule has 0 bridgehead atoms. The molecule has 2 heterocycles. The van der Waals surface area contributed by atoms with E-state index in [1.807, 2.05) is 36.5 Å². The Morgan fingerprint density at radius 3 is 2.54 bits per heavy atom. The summed E-state index contributed by atoms with van der Waals surface area (Å²) in [6.07, 6.45) is 2.59. The molecule has 0 spiro atoms.